The third-order valence-electron chi connectivity index (χ3n) is 18.8. The number of phosphoric ester groups is 2. The van der Waals surface area contributed by atoms with Crippen molar-refractivity contribution in [3.8, 4) is 0 Å². The van der Waals surface area contributed by atoms with E-state index in [-0.39, 0.29) is 25.7 Å². The van der Waals surface area contributed by atoms with Gasteiger partial charge in [0.15, 0.2) is 12.2 Å². The number of hydrogen-bond acceptors (Lipinski definition) is 15. The van der Waals surface area contributed by atoms with Crippen LogP contribution in [0.1, 0.15) is 407 Å². The molecule has 0 aromatic heterocycles. The first-order valence-corrected chi connectivity index (χ1v) is 44.5. The Hall–Kier alpha value is -2.46. The third kappa shape index (κ3) is 72.5. The molecule has 0 saturated heterocycles. The first kappa shape index (κ1) is 97.5. The molecule has 100 heavy (non-hydrogen) atoms. The van der Waals surface area contributed by atoms with E-state index in [1.165, 1.54) is 205 Å². The highest BCUT2D eigenvalue weighted by atomic mass is 31.2. The van der Waals surface area contributed by atoms with Crippen molar-refractivity contribution in [2.24, 2.45) is 5.92 Å². The van der Waals surface area contributed by atoms with Crippen LogP contribution in [-0.2, 0) is 65.4 Å². The Kier molecular flexibility index (Phi) is 71.6. The predicted molar refractivity (Wildman–Crippen MR) is 409 cm³/mol. The molecule has 0 heterocycles. The number of unbranched alkanes of at least 4 members (excludes halogenated alkanes) is 47. The molecular weight excluding hydrogens is 1310 g/mol. The molecule has 0 fully saturated rings. The summed E-state index contributed by atoms with van der Waals surface area (Å²) < 4.78 is 68.6. The van der Waals surface area contributed by atoms with Gasteiger partial charge in [0.1, 0.15) is 19.3 Å². The first-order chi connectivity index (χ1) is 48.6. The highest BCUT2D eigenvalue weighted by Gasteiger charge is 2.30. The van der Waals surface area contributed by atoms with Gasteiger partial charge in [-0.1, -0.05) is 354 Å². The topological polar surface area (TPSA) is 237 Å². The number of hydrogen-bond donors (Lipinski definition) is 3. The van der Waals surface area contributed by atoms with Crippen molar-refractivity contribution in [1.29, 1.82) is 0 Å². The molecule has 0 aliphatic carbocycles. The highest BCUT2D eigenvalue weighted by molar-refractivity contribution is 7.47. The van der Waals surface area contributed by atoms with Crippen molar-refractivity contribution in [2.45, 2.75) is 425 Å². The Labute approximate surface area is 612 Å². The van der Waals surface area contributed by atoms with Gasteiger partial charge in [-0.15, -0.1) is 0 Å². The molecule has 0 spiro atoms. The molecule has 3 N–H and O–H groups in total. The Bertz CT molecular complexity index is 2010. The zero-order valence-corrected chi connectivity index (χ0v) is 66.6. The average Bonchev–Trinajstić information content (AvgIpc) is 0.954. The quantitative estimate of drug-likeness (QED) is 0.0169. The Balaban J connectivity index is 5.24. The number of rotatable bonds is 79. The molecule has 0 aromatic rings. The maximum atomic E-state index is 13.1. The van der Waals surface area contributed by atoms with E-state index in [0.29, 0.717) is 25.7 Å². The van der Waals surface area contributed by atoms with Gasteiger partial charge in [0.05, 0.1) is 26.4 Å². The van der Waals surface area contributed by atoms with Crippen LogP contribution < -0.4 is 0 Å². The van der Waals surface area contributed by atoms with Gasteiger partial charge in [0.25, 0.3) is 0 Å². The summed E-state index contributed by atoms with van der Waals surface area (Å²) in [5.74, 6) is -1.41. The average molecular weight is 1460 g/mol. The van der Waals surface area contributed by atoms with Crippen LogP contribution in [0.5, 0.6) is 0 Å². The maximum Gasteiger partial charge on any atom is 0.472 e. The zero-order valence-electron chi connectivity index (χ0n) is 64.8. The van der Waals surface area contributed by atoms with Crippen molar-refractivity contribution >= 4 is 39.5 Å². The summed E-state index contributed by atoms with van der Waals surface area (Å²) in [6, 6.07) is 0. The van der Waals surface area contributed by atoms with E-state index < -0.39 is 97.5 Å². The summed E-state index contributed by atoms with van der Waals surface area (Å²) in [6.45, 7) is 7.21. The van der Waals surface area contributed by atoms with E-state index in [1.807, 2.05) is 0 Å². The highest BCUT2D eigenvalue weighted by Crippen LogP contribution is 2.45. The molecule has 0 aromatic carbocycles. The lowest BCUT2D eigenvalue weighted by Crippen LogP contribution is -2.30. The maximum absolute atomic E-state index is 13.1. The Morgan fingerprint density at radius 2 is 0.560 bits per heavy atom. The summed E-state index contributed by atoms with van der Waals surface area (Å²) in [7, 11) is -9.93. The predicted octanol–water partition coefficient (Wildman–Crippen LogP) is 24.0. The van der Waals surface area contributed by atoms with Gasteiger partial charge in [-0.05, 0) is 57.3 Å². The summed E-state index contributed by atoms with van der Waals surface area (Å²) in [4.78, 5) is 72.9. The van der Waals surface area contributed by atoms with Crippen LogP contribution in [0.15, 0.2) is 24.3 Å². The lowest BCUT2D eigenvalue weighted by molar-refractivity contribution is -0.161. The fraction of sp³-hybridized carbons (Fsp3) is 0.901. The Morgan fingerprint density at radius 3 is 0.850 bits per heavy atom. The van der Waals surface area contributed by atoms with E-state index in [2.05, 4.69) is 58.9 Å². The number of ether oxygens (including phenoxy) is 4. The van der Waals surface area contributed by atoms with Crippen molar-refractivity contribution in [3.05, 3.63) is 24.3 Å². The number of phosphoric acid groups is 2. The van der Waals surface area contributed by atoms with E-state index in [1.54, 1.807) is 0 Å². The second kappa shape index (κ2) is 73.4. The van der Waals surface area contributed by atoms with Gasteiger partial charge in [0, 0.05) is 25.7 Å². The molecule has 0 saturated carbocycles. The molecular formula is C81H154O17P2. The third-order valence-corrected chi connectivity index (χ3v) is 20.7. The van der Waals surface area contributed by atoms with E-state index >= 15 is 0 Å². The molecule has 0 aliphatic heterocycles. The molecule has 3 unspecified atom stereocenters. The second-order valence-corrected chi connectivity index (χ2v) is 31.6. The molecule has 6 atom stereocenters. The number of allylic oxidation sites excluding steroid dienone is 4. The molecule has 0 rings (SSSR count). The minimum absolute atomic E-state index is 0.102. The van der Waals surface area contributed by atoms with Gasteiger partial charge in [0.2, 0.25) is 0 Å². The minimum Gasteiger partial charge on any atom is -0.462 e. The van der Waals surface area contributed by atoms with Gasteiger partial charge < -0.3 is 33.8 Å². The van der Waals surface area contributed by atoms with Crippen molar-refractivity contribution in [3.63, 3.8) is 0 Å². The van der Waals surface area contributed by atoms with Crippen LogP contribution in [0.2, 0.25) is 0 Å². The first-order valence-electron chi connectivity index (χ1n) is 41.5. The van der Waals surface area contributed by atoms with E-state index in [0.717, 1.165) is 121 Å². The number of aliphatic hydroxyl groups excluding tert-OH is 1. The number of carbonyl (C=O) groups excluding carboxylic acids is 4. The smallest absolute Gasteiger partial charge is 0.462 e. The van der Waals surface area contributed by atoms with Crippen LogP contribution in [-0.4, -0.2) is 96.7 Å². The Morgan fingerprint density at radius 1 is 0.320 bits per heavy atom. The molecule has 0 amide bonds. The summed E-state index contributed by atoms with van der Waals surface area (Å²) >= 11 is 0. The number of aliphatic hydroxyl groups is 1. The van der Waals surface area contributed by atoms with Crippen molar-refractivity contribution < 1.29 is 80.2 Å². The van der Waals surface area contributed by atoms with Gasteiger partial charge in [-0.2, -0.15) is 0 Å². The fourth-order valence-electron chi connectivity index (χ4n) is 12.0. The number of esters is 4. The van der Waals surface area contributed by atoms with Crippen LogP contribution >= 0.6 is 15.6 Å². The standard InChI is InChI=1S/C81H154O17P2/c1-6-10-13-16-19-22-25-28-30-31-32-33-34-35-36-38-41-44-47-50-57-62-67-80(85)97-76(70-91-78(83)64-59-54-48-45-42-40-37-29-26-23-20-17-14-11-7-2)72-95-99(87,88)93-68-75(82)69-94-100(89,90)96-73-77(71-92-79(84)65-60-55-52-51-53-58-63-74(5)9-4)98-81(86)66-61-56-49-46-43-39-27-24-21-18-15-12-8-3/h23,26,29,37,74-77,82H,6-22,24-25,27-28,30-36,38-73H2,1-5H3,(H,87,88)(H,89,90)/b26-23-,37-29-/t74?,75-,76-,77-/m1/s1. The van der Waals surface area contributed by atoms with Crippen LogP contribution in [0, 0.1) is 5.92 Å². The molecule has 0 bridgehead atoms. The largest absolute Gasteiger partial charge is 0.472 e. The van der Waals surface area contributed by atoms with Gasteiger partial charge in [-0.3, -0.25) is 37.3 Å². The minimum atomic E-state index is -4.97. The monoisotopic (exact) mass is 1460 g/mol. The van der Waals surface area contributed by atoms with Gasteiger partial charge >= 0.3 is 39.5 Å². The van der Waals surface area contributed by atoms with Crippen LogP contribution in [0.4, 0.5) is 0 Å². The molecule has 590 valence electrons. The van der Waals surface area contributed by atoms with E-state index in [4.69, 9.17) is 37.0 Å². The van der Waals surface area contributed by atoms with Crippen LogP contribution in [0.25, 0.3) is 0 Å². The summed E-state index contributed by atoms with van der Waals surface area (Å²) in [6.07, 6.45) is 67.5. The van der Waals surface area contributed by atoms with Crippen LogP contribution in [0.3, 0.4) is 0 Å². The second-order valence-electron chi connectivity index (χ2n) is 28.7. The lowest BCUT2D eigenvalue weighted by Gasteiger charge is -2.21. The molecule has 19 heteroatoms. The van der Waals surface area contributed by atoms with Crippen molar-refractivity contribution in [1.82, 2.24) is 0 Å². The molecule has 0 radical (unpaired) electrons. The summed E-state index contributed by atoms with van der Waals surface area (Å²) in [5.41, 5.74) is 0. The van der Waals surface area contributed by atoms with Crippen molar-refractivity contribution in [2.75, 3.05) is 39.6 Å². The van der Waals surface area contributed by atoms with Gasteiger partial charge in [-0.25, -0.2) is 9.13 Å². The molecule has 17 nitrogen and oxygen atoms in total. The fourth-order valence-corrected chi connectivity index (χ4v) is 13.6. The normalized spacial score (nSPS) is 14.3. The lowest BCUT2D eigenvalue weighted by atomic mass is 10.00. The molecule has 0 aliphatic rings. The number of carbonyl (C=O) groups is 4. The van der Waals surface area contributed by atoms with E-state index in [9.17, 15) is 43.2 Å². The SMILES string of the molecule is CCCCCC/C=C\C=C/CCCCCCCC(=O)OC[C@H](COP(=O)(O)OC[C@@H](O)COP(=O)(O)OC[C@@H](COC(=O)CCCCCCCCC(C)CC)OC(=O)CCCCCCCCCCCCCCC)OC(=O)CCCCCCCCCCCCCCCCCCCCCCCC. The zero-order chi connectivity index (χ0) is 73.4. The summed E-state index contributed by atoms with van der Waals surface area (Å²) in [5, 5.41) is 10.6.